The molecule has 0 heterocycles. The van der Waals surface area contributed by atoms with E-state index in [4.69, 9.17) is 4.55 Å². The van der Waals surface area contributed by atoms with Crippen LogP contribution in [0.25, 0.3) is 0 Å². The molecule has 0 fully saturated rings. The third kappa shape index (κ3) is 28.7. The van der Waals surface area contributed by atoms with Gasteiger partial charge in [-0.3, -0.25) is 4.55 Å². The zero-order valence-corrected chi connectivity index (χ0v) is 14.7. The van der Waals surface area contributed by atoms with Crippen LogP contribution in [-0.4, -0.2) is 25.3 Å². The molecule has 5 nitrogen and oxygen atoms in total. The Labute approximate surface area is 131 Å². The molecule has 0 radical (unpaired) electrons. The maximum atomic E-state index is 10.4. The molecule has 0 bridgehead atoms. The molecule has 0 spiro atoms. The van der Waals surface area contributed by atoms with Gasteiger partial charge in [0, 0.05) is 0 Å². The molecule has 0 atom stereocenters. The third-order valence-electron chi connectivity index (χ3n) is 3.08. The average Bonchev–Trinajstić information content (AvgIpc) is 2.41. The molecular formula is C15H35NO4S. The van der Waals surface area contributed by atoms with Crippen LogP contribution < -0.4 is 5.90 Å². The molecule has 0 aliphatic carbocycles. The average molecular weight is 326 g/mol. The molecule has 6 heteroatoms. The normalized spacial score (nSPS) is 11.0. The van der Waals surface area contributed by atoms with Crippen molar-refractivity contribution in [2.75, 3.05) is 12.4 Å². The van der Waals surface area contributed by atoms with E-state index in [-0.39, 0.29) is 5.75 Å². The lowest BCUT2D eigenvalue weighted by Crippen LogP contribution is -2.03. The van der Waals surface area contributed by atoms with Crippen LogP contribution in [0.3, 0.4) is 0 Å². The van der Waals surface area contributed by atoms with E-state index < -0.39 is 10.1 Å². The monoisotopic (exact) mass is 325 g/mol. The van der Waals surface area contributed by atoms with Crippen molar-refractivity contribution in [3.8, 4) is 0 Å². The van der Waals surface area contributed by atoms with Gasteiger partial charge in [0.2, 0.25) is 0 Å². The summed E-state index contributed by atoms with van der Waals surface area (Å²) >= 11 is 0. The van der Waals surface area contributed by atoms with E-state index in [1.54, 1.807) is 0 Å². The van der Waals surface area contributed by atoms with Crippen LogP contribution in [0.5, 0.6) is 0 Å². The first kappa shape index (κ1) is 23.1. The van der Waals surface area contributed by atoms with Crippen molar-refractivity contribution in [2.24, 2.45) is 5.90 Å². The molecule has 0 aromatic heterocycles. The van der Waals surface area contributed by atoms with Gasteiger partial charge < -0.3 is 4.84 Å². The molecule has 0 aromatic rings. The minimum atomic E-state index is -3.73. The van der Waals surface area contributed by atoms with Crippen LogP contribution in [0.15, 0.2) is 0 Å². The second-order valence-electron chi connectivity index (χ2n) is 5.34. The number of rotatable bonds is 13. The van der Waals surface area contributed by atoms with Gasteiger partial charge in [-0.2, -0.15) is 8.42 Å². The Morgan fingerprint density at radius 3 is 1.52 bits per heavy atom. The largest absolute Gasteiger partial charge is 0.305 e. The second kappa shape index (κ2) is 17.9. The van der Waals surface area contributed by atoms with Crippen molar-refractivity contribution < 1.29 is 17.8 Å². The van der Waals surface area contributed by atoms with E-state index in [9.17, 15) is 8.42 Å². The Morgan fingerprint density at radius 2 is 1.24 bits per heavy atom. The molecule has 0 unspecified atom stereocenters. The molecule has 0 aromatic carbocycles. The predicted octanol–water partition coefficient (Wildman–Crippen LogP) is 4.08. The second-order valence-corrected chi connectivity index (χ2v) is 6.91. The Bertz CT molecular complexity index is 279. The molecule has 0 amide bonds. The summed E-state index contributed by atoms with van der Waals surface area (Å²) in [7, 11) is -3.73. The van der Waals surface area contributed by atoms with E-state index in [1.807, 2.05) is 6.92 Å². The summed E-state index contributed by atoms with van der Waals surface area (Å²) in [5.74, 6) is 4.56. The Kier molecular flexibility index (Phi) is 19.7. The highest BCUT2D eigenvalue weighted by Crippen LogP contribution is 2.10. The highest BCUT2D eigenvalue weighted by molar-refractivity contribution is 7.85. The summed E-state index contributed by atoms with van der Waals surface area (Å²) in [6, 6.07) is 0. The Morgan fingerprint density at radius 1 is 0.810 bits per heavy atom. The molecule has 0 aliphatic rings. The quantitative estimate of drug-likeness (QED) is 0.302. The summed E-state index contributed by atoms with van der Waals surface area (Å²) in [5, 5.41) is 0. The summed E-state index contributed by atoms with van der Waals surface area (Å²) in [6.07, 6.45) is 12.6. The van der Waals surface area contributed by atoms with E-state index in [0.717, 1.165) is 19.3 Å². The zero-order chi connectivity index (χ0) is 16.4. The lowest BCUT2D eigenvalue weighted by molar-refractivity contribution is 0.138. The van der Waals surface area contributed by atoms with Crippen LogP contribution in [0, 0.1) is 0 Å². The lowest BCUT2D eigenvalue weighted by Gasteiger charge is -2.01. The van der Waals surface area contributed by atoms with E-state index in [2.05, 4.69) is 17.7 Å². The van der Waals surface area contributed by atoms with Crippen LogP contribution in [0.2, 0.25) is 0 Å². The Balaban J connectivity index is 0. The fourth-order valence-corrected chi connectivity index (χ4v) is 2.46. The van der Waals surface area contributed by atoms with Crippen LogP contribution in [-0.2, 0) is 15.0 Å². The van der Waals surface area contributed by atoms with Gasteiger partial charge in [0.15, 0.2) is 0 Å². The highest BCUT2D eigenvalue weighted by atomic mass is 32.2. The maximum absolute atomic E-state index is 10.4. The predicted molar refractivity (Wildman–Crippen MR) is 88.7 cm³/mol. The van der Waals surface area contributed by atoms with Gasteiger partial charge in [-0.25, -0.2) is 5.90 Å². The molecule has 21 heavy (non-hydrogen) atoms. The third-order valence-corrected chi connectivity index (χ3v) is 3.88. The van der Waals surface area contributed by atoms with Gasteiger partial charge in [-0.1, -0.05) is 71.6 Å². The minimum Gasteiger partial charge on any atom is -0.305 e. The summed E-state index contributed by atoms with van der Waals surface area (Å²) in [6.45, 7) is 4.89. The van der Waals surface area contributed by atoms with Crippen molar-refractivity contribution in [1.82, 2.24) is 0 Å². The van der Waals surface area contributed by atoms with Crippen LogP contribution in [0.1, 0.15) is 84.5 Å². The van der Waals surface area contributed by atoms with Crippen molar-refractivity contribution in [1.29, 1.82) is 0 Å². The minimum absolute atomic E-state index is 0.0799. The van der Waals surface area contributed by atoms with Crippen molar-refractivity contribution >= 4 is 10.1 Å². The number of nitrogens with two attached hydrogens (primary N) is 1. The van der Waals surface area contributed by atoms with E-state index in [1.165, 1.54) is 44.9 Å². The summed E-state index contributed by atoms with van der Waals surface area (Å²) in [5.41, 5.74) is 0. The van der Waals surface area contributed by atoms with Crippen LogP contribution in [0.4, 0.5) is 0 Å². The number of hydrogen-bond acceptors (Lipinski definition) is 4. The first-order valence-corrected chi connectivity index (χ1v) is 9.85. The first-order chi connectivity index (χ1) is 9.97. The molecular weight excluding hydrogens is 290 g/mol. The fraction of sp³-hybridized carbons (Fsp3) is 1.00. The van der Waals surface area contributed by atoms with Crippen LogP contribution >= 0.6 is 0 Å². The molecule has 0 rings (SSSR count). The number of unbranched alkanes of at least 4 members (excludes halogenated alkanes) is 9. The lowest BCUT2D eigenvalue weighted by atomic mass is 10.1. The topological polar surface area (TPSA) is 89.6 Å². The van der Waals surface area contributed by atoms with Crippen molar-refractivity contribution in [3.05, 3.63) is 0 Å². The zero-order valence-electron chi connectivity index (χ0n) is 13.8. The first-order valence-electron chi connectivity index (χ1n) is 8.24. The maximum Gasteiger partial charge on any atom is 0.264 e. The molecule has 130 valence electrons. The molecule has 3 N–H and O–H groups in total. The Hall–Kier alpha value is -0.170. The van der Waals surface area contributed by atoms with Crippen molar-refractivity contribution in [2.45, 2.75) is 84.5 Å². The smallest absolute Gasteiger partial charge is 0.264 e. The van der Waals surface area contributed by atoms with Gasteiger partial charge in [0.05, 0.1) is 12.4 Å². The summed E-state index contributed by atoms with van der Waals surface area (Å²) < 4.78 is 29.4. The highest BCUT2D eigenvalue weighted by Gasteiger charge is 2.02. The van der Waals surface area contributed by atoms with Gasteiger partial charge in [-0.05, 0) is 12.8 Å². The van der Waals surface area contributed by atoms with Gasteiger partial charge in [0.25, 0.3) is 10.1 Å². The van der Waals surface area contributed by atoms with E-state index >= 15 is 0 Å². The SMILES string of the molecule is CCCCCCCCCCCCS(=O)(=O)O.CCCON. The van der Waals surface area contributed by atoms with Gasteiger partial charge in [0.1, 0.15) is 0 Å². The summed E-state index contributed by atoms with van der Waals surface area (Å²) in [4.78, 5) is 4.19. The fourth-order valence-electron chi connectivity index (χ4n) is 1.89. The standard InChI is InChI=1S/C12H26O3S.C3H9NO/c1-2-3-4-5-6-7-8-9-10-11-12-16(13,14)15;1-2-3-5-4/h2-12H2,1H3,(H,13,14,15);2-4H2,1H3. The van der Waals surface area contributed by atoms with Gasteiger partial charge in [-0.15, -0.1) is 0 Å². The molecule has 0 saturated carbocycles. The number of hydrogen-bond donors (Lipinski definition) is 2. The van der Waals surface area contributed by atoms with E-state index in [0.29, 0.717) is 13.0 Å². The molecule has 0 saturated heterocycles. The molecule has 0 aliphatic heterocycles. The van der Waals surface area contributed by atoms with Crippen molar-refractivity contribution in [3.63, 3.8) is 0 Å². The van der Waals surface area contributed by atoms with Gasteiger partial charge >= 0.3 is 0 Å².